The van der Waals surface area contributed by atoms with Crippen molar-refractivity contribution in [2.24, 2.45) is 0 Å². The molecule has 0 spiro atoms. The number of aromatic carboxylic acids is 1. The Balaban J connectivity index is 2.35. The van der Waals surface area contributed by atoms with Crippen molar-refractivity contribution in [3.05, 3.63) is 64.4 Å². The zero-order valence-electron chi connectivity index (χ0n) is 10.8. The van der Waals surface area contributed by atoms with Crippen LogP contribution in [-0.4, -0.2) is 18.1 Å². The number of nitrogens with zero attached hydrogens (tertiary/aromatic N) is 1. The van der Waals surface area contributed by atoms with E-state index in [1.165, 1.54) is 6.07 Å². The van der Waals surface area contributed by atoms with E-state index in [0.29, 0.717) is 17.3 Å². The van der Waals surface area contributed by atoms with Crippen molar-refractivity contribution in [3.8, 4) is 0 Å². The lowest BCUT2D eigenvalue weighted by Gasteiger charge is -2.22. The highest BCUT2D eigenvalue weighted by molar-refractivity contribution is 6.31. The summed E-state index contributed by atoms with van der Waals surface area (Å²) in [5.74, 6) is -2.04. The summed E-state index contributed by atoms with van der Waals surface area (Å²) in [5, 5.41) is 9.71. The highest BCUT2D eigenvalue weighted by atomic mass is 35.5. The normalized spacial score (nSPS) is 10.3. The highest BCUT2D eigenvalue weighted by Crippen LogP contribution is 2.25. The van der Waals surface area contributed by atoms with Gasteiger partial charge in [-0.05, 0) is 23.8 Å². The van der Waals surface area contributed by atoms with Crippen LogP contribution in [0.5, 0.6) is 0 Å². The number of hydrogen-bond acceptors (Lipinski definition) is 2. The monoisotopic (exact) mass is 293 g/mol. The van der Waals surface area contributed by atoms with Crippen molar-refractivity contribution in [3.63, 3.8) is 0 Å². The third kappa shape index (κ3) is 2.91. The molecule has 0 radical (unpaired) electrons. The second kappa shape index (κ2) is 5.92. The van der Waals surface area contributed by atoms with Gasteiger partial charge in [0.2, 0.25) is 0 Å². The van der Waals surface area contributed by atoms with Crippen molar-refractivity contribution < 1.29 is 14.3 Å². The van der Waals surface area contributed by atoms with E-state index in [0.717, 1.165) is 11.6 Å². The number of carboxylic acid groups (broad SMARTS) is 1. The van der Waals surface area contributed by atoms with Crippen molar-refractivity contribution in [1.82, 2.24) is 0 Å². The smallest absolute Gasteiger partial charge is 0.340 e. The summed E-state index contributed by atoms with van der Waals surface area (Å²) in [4.78, 5) is 12.8. The quantitative estimate of drug-likeness (QED) is 0.932. The molecule has 0 aliphatic rings. The molecule has 0 amide bonds. The summed E-state index contributed by atoms with van der Waals surface area (Å²) >= 11 is 6.07. The molecule has 0 aliphatic carbocycles. The number of rotatable bonds is 4. The van der Waals surface area contributed by atoms with E-state index in [2.05, 4.69) is 0 Å². The third-order valence-corrected chi connectivity index (χ3v) is 3.35. The Labute approximate surface area is 121 Å². The topological polar surface area (TPSA) is 40.5 Å². The van der Waals surface area contributed by atoms with E-state index in [1.54, 1.807) is 24.1 Å². The minimum absolute atomic E-state index is 0.317. The van der Waals surface area contributed by atoms with Gasteiger partial charge in [0.05, 0.1) is 5.69 Å². The Hall–Kier alpha value is -2.07. The zero-order chi connectivity index (χ0) is 14.7. The van der Waals surface area contributed by atoms with Crippen LogP contribution in [0.3, 0.4) is 0 Å². The molecule has 2 aromatic carbocycles. The minimum atomic E-state index is -1.29. The Morgan fingerprint density at radius 2 is 1.95 bits per heavy atom. The van der Waals surface area contributed by atoms with Gasteiger partial charge in [-0.3, -0.25) is 0 Å². The first-order chi connectivity index (χ1) is 9.50. The molecule has 0 unspecified atom stereocenters. The van der Waals surface area contributed by atoms with Crippen LogP contribution in [0.1, 0.15) is 15.9 Å². The Bertz CT molecular complexity index is 646. The van der Waals surface area contributed by atoms with Gasteiger partial charge in [0, 0.05) is 18.6 Å². The number of anilines is 1. The van der Waals surface area contributed by atoms with Crippen LogP contribution < -0.4 is 4.90 Å². The second-order valence-corrected chi connectivity index (χ2v) is 4.79. The summed E-state index contributed by atoms with van der Waals surface area (Å²) in [6.45, 7) is 0.392. The molecule has 1 N–H and O–H groups in total. The summed E-state index contributed by atoms with van der Waals surface area (Å²) < 4.78 is 13.6. The summed E-state index contributed by atoms with van der Waals surface area (Å²) in [5.41, 5.74) is 0.830. The van der Waals surface area contributed by atoms with Crippen molar-refractivity contribution in [2.75, 3.05) is 11.9 Å². The molecule has 0 saturated heterocycles. The van der Waals surface area contributed by atoms with Gasteiger partial charge in [-0.15, -0.1) is 0 Å². The predicted octanol–water partition coefficient (Wildman–Crippen LogP) is 3.81. The van der Waals surface area contributed by atoms with E-state index in [9.17, 15) is 9.18 Å². The van der Waals surface area contributed by atoms with Gasteiger partial charge in [0.25, 0.3) is 0 Å². The summed E-state index contributed by atoms with van der Waals surface area (Å²) in [6, 6.07) is 11.5. The number of carboxylic acids is 1. The number of halogens is 2. The van der Waals surface area contributed by atoms with E-state index in [4.69, 9.17) is 16.7 Å². The van der Waals surface area contributed by atoms with Crippen LogP contribution in [0, 0.1) is 5.82 Å². The van der Waals surface area contributed by atoms with Crippen LogP contribution in [0.15, 0.2) is 42.5 Å². The summed E-state index contributed by atoms with van der Waals surface area (Å²) in [6.07, 6.45) is 0. The molecule has 0 aliphatic heterocycles. The predicted molar refractivity (Wildman–Crippen MR) is 76.9 cm³/mol. The zero-order valence-corrected chi connectivity index (χ0v) is 11.6. The van der Waals surface area contributed by atoms with Crippen LogP contribution in [0.4, 0.5) is 10.1 Å². The van der Waals surface area contributed by atoms with Crippen molar-refractivity contribution in [2.45, 2.75) is 6.54 Å². The van der Waals surface area contributed by atoms with E-state index in [1.807, 2.05) is 18.2 Å². The van der Waals surface area contributed by atoms with E-state index in [-0.39, 0.29) is 5.56 Å². The van der Waals surface area contributed by atoms with Crippen molar-refractivity contribution in [1.29, 1.82) is 0 Å². The average molecular weight is 294 g/mol. The molecule has 0 saturated carbocycles. The van der Waals surface area contributed by atoms with Crippen LogP contribution in [0.2, 0.25) is 5.02 Å². The van der Waals surface area contributed by atoms with Gasteiger partial charge >= 0.3 is 5.97 Å². The Morgan fingerprint density at radius 1 is 1.25 bits per heavy atom. The maximum absolute atomic E-state index is 13.6. The van der Waals surface area contributed by atoms with Gasteiger partial charge in [-0.2, -0.15) is 0 Å². The number of benzene rings is 2. The molecular weight excluding hydrogens is 281 g/mol. The molecule has 0 fully saturated rings. The highest BCUT2D eigenvalue weighted by Gasteiger charge is 2.18. The third-order valence-electron chi connectivity index (χ3n) is 2.98. The fourth-order valence-corrected chi connectivity index (χ4v) is 2.21. The lowest BCUT2D eigenvalue weighted by atomic mass is 10.1. The number of carbonyl (C=O) groups is 1. The number of hydrogen-bond donors (Lipinski definition) is 1. The fraction of sp³-hybridized carbons (Fsp3) is 0.133. The maximum atomic E-state index is 13.6. The van der Waals surface area contributed by atoms with E-state index < -0.39 is 11.8 Å². The molecule has 0 bridgehead atoms. The second-order valence-electron chi connectivity index (χ2n) is 4.39. The lowest BCUT2D eigenvalue weighted by molar-refractivity contribution is 0.0692. The van der Waals surface area contributed by atoms with Crippen LogP contribution >= 0.6 is 11.6 Å². The largest absolute Gasteiger partial charge is 0.478 e. The molecule has 5 heteroatoms. The standard InChI is InChI=1S/C15H13ClFNO2/c1-18(9-10-5-2-3-6-11(10)16)13-8-4-7-12(17)14(13)15(19)20/h2-8H,9H2,1H3,(H,19,20). The van der Waals surface area contributed by atoms with Gasteiger partial charge in [0.15, 0.2) is 0 Å². The average Bonchev–Trinajstić information content (AvgIpc) is 2.40. The van der Waals surface area contributed by atoms with Gasteiger partial charge in [-0.25, -0.2) is 9.18 Å². The van der Waals surface area contributed by atoms with E-state index >= 15 is 0 Å². The molecule has 2 rings (SSSR count). The maximum Gasteiger partial charge on any atom is 0.340 e. The minimum Gasteiger partial charge on any atom is -0.478 e. The molecule has 20 heavy (non-hydrogen) atoms. The summed E-state index contributed by atoms with van der Waals surface area (Å²) in [7, 11) is 1.70. The molecular formula is C15H13ClFNO2. The first kappa shape index (κ1) is 14.3. The first-order valence-electron chi connectivity index (χ1n) is 5.97. The molecule has 3 nitrogen and oxygen atoms in total. The fourth-order valence-electron chi connectivity index (χ4n) is 2.01. The van der Waals surface area contributed by atoms with Crippen LogP contribution in [0.25, 0.3) is 0 Å². The Morgan fingerprint density at radius 3 is 2.60 bits per heavy atom. The first-order valence-corrected chi connectivity index (χ1v) is 6.35. The van der Waals surface area contributed by atoms with Gasteiger partial charge < -0.3 is 10.0 Å². The molecule has 0 heterocycles. The van der Waals surface area contributed by atoms with Crippen molar-refractivity contribution >= 4 is 23.3 Å². The Kier molecular flexibility index (Phi) is 4.25. The molecule has 0 aromatic heterocycles. The lowest BCUT2D eigenvalue weighted by Crippen LogP contribution is -2.20. The van der Waals surface area contributed by atoms with Crippen LogP contribution in [-0.2, 0) is 6.54 Å². The van der Waals surface area contributed by atoms with Gasteiger partial charge in [0.1, 0.15) is 11.4 Å². The molecule has 2 aromatic rings. The molecule has 104 valence electrons. The SMILES string of the molecule is CN(Cc1ccccc1Cl)c1cccc(F)c1C(=O)O. The van der Waals surface area contributed by atoms with Gasteiger partial charge in [-0.1, -0.05) is 35.9 Å². The molecule has 0 atom stereocenters.